The summed E-state index contributed by atoms with van der Waals surface area (Å²) in [6.07, 6.45) is 9.29. The Kier molecular flexibility index (Phi) is 5.46. The van der Waals surface area contributed by atoms with Crippen molar-refractivity contribution in [1.82, 2.24) is 5.06 Å². The third kappa shape index (κ3) is 2.81. The van der Waals surface area contributed by atoms with Crippen molar-refractivity contribution < 1.29 is 24.6 Å². The van der Waals surface area contributed by atoms with Crippen LogP contribution >= 0.6 is 11.3 Å². The van der Waals surface area contributed by atoms with E-state index in [1.807, 2.05) is 22.6 Å². The number of ketones is 2. The van der Waals surface area contributed by atoms with Crippen LogP contribution in [0.1, 0.15) is 45.1 Å². The fourth-order valence-corrected chi connectivity index (χ4v) is 9.92. The standard InChI is InChI=1S/C29H35NO5S/c1-4-28-22(6-5-19-11-21(32)7-9-26(19,28)2)23-12-20-15-30(14-18-8-10-36-17-18)35-29(20,25(34)16-31)27(23,3)13-24(28)33/h4,7-11,17,20,22-24,31,33H,1,5-6,12-16H2,2-3H3. The maximum Gasteiger partial charge on any atom is 0.192 e. The number of allylic oxidation sites excluding steroid dienone is 4. The van der Waals surface area contributed by atoms with Gasteiger partial charge in [-0.1, -0.05) is 31.6 Å². The Morgan fingerprint density at radius 2 is 2.17 bits per heavy atom. The molecule has 8 unspecified atom stereocenters. The van der Waals surface area contributed by atoms with E-state index in [1.54, 1.807) is 23.5 Å². The molecule has 5 aliphatic rings. The minimum absolute atomic E-state index is 0.00252. The number of hydroxylamine groups is 2. The summed E-state index contributed by atoms with van der Waals surface area (Å²) < 4.78 is 0. The molecule has 0 spiro atoms. The van der Waals surface area contributed by atoms with Gasteiger partial charge in [0.1, 0.15) is 6.61 Å². The van der Waals surface area contributed by atoms with E-state index < -0.39 is 34.6 Å². The number of Topliss-reactive ketones (excluding diaryl/α,β-unsaturated/α-hetero) is 1. The first kappa shape index (κ1) is 24.4. The first-order valence-electron chi connectivity index (χ1n) is 13.0. The van der Waals surface area contributed by atoms with Crippen LogP contribution in [0, 0.1) is 34.0 Å². The van der Waals surface area contributed by atoms with E-state index in [0.717, 1.165) is 30.4 Å². The number of carbonyl (C=O) groups excluding carboxylic acids is 2. The maximum atomic E-state index is 13.6. The molecular formula is C29H35NO5S. The third-order valence-electron chi connectivity index (χ3n) is 10.8. The Morgan fingerprint density at radius 1 is 1.36 bits per heavy atom. The summed E-state index contributed by atoms with van der Waals surface area (Å²) >= 11 is 1.63. The lowest BCUT2D eigenvalue weighted by Gasteiger charge is -2.65. The number of thiophene rings is 1. The average Bonchev–Trinajstić information content (AvgIpc) is 3.54. The SMILES string of the molecule is C=CC12C(O)CC3(C)C(CC4CN(Cc5ccsc5)OC43C(=O)CO)C1CCC1=CC(=O)C=CC12C. The van der Waals surface area contributed by atoms with Crippen LogP contribution in [0.25, 0.3) is 0 Å². The van der Waals surface area contributed by atoms with Crippen LogP contribution in [0.2, 0.25) is 0 Å². The fourth-order valence-electron chi connectivity index (χ4n) is 9.26. The largest absolute Gasteiger partial charge is 0.392 e. The number of rotatable bonds is 5. The molecule has 6 nitrogen and oxygen atoms in total. The lowest BCUT2D eigenvalue weighted by molar-refractivity contribution is -0.261. The second-order valence-corrected chi connectivity index (χ2v) is 12.7. The van der Waals surface area contributed by atoms with Gasteiger partial charge in [0.2, 0.25) is 0 Å². The van der Waals surface area contributed by atoms with Gasteiger partial charge in [0, 0.05) is 35.3 Å². The molecule has 36 heavy (non-hydrogen) atoms. The highest BCUT2D eigenvalue weighted by molar-refractivity contribution is 7.07. The van der Waals surface area contributed by atoms with Crippen molar-refractivity contribution in [2.75, 3.05) is 13.2 Å². The number of hydrogen-bond acceptors (Lipinski definition) is 7. The number of aliphatic hydroxyl groups excluding tert-OH is 2. The smallest absolute Gasteiger partial charge is 0.192 e. The fraction of sp³-hybridized carbons (Fsp3) is 0.586. The number of nitrogens with zero attached hydrogens (tertiary/aromatic N) is 1. The monoisotopic (exact) mass is 509 g/mol. The molecule has 2 N–H and O–H groups in total. The molecule has 3 saturated carbocycles. The average molecular weight is 510 g/mol. The van der Waals surface area contributed by atoms with Crippen LogP contribution in [0.15, 0.2) is 53.3 Å². The minimum Gasteiger partial charge on any atom is -0.392 e. The first-order chi connectivity index (χ1) is 17.2. The highest BCUT2D eigenvalue weighted by atomic mass is 32.1. The van der Waals surface area contributed by atoms with Gasteiger partial charge in [-0.15, -0.1) is 6.58 Å². The van der Waals surface area contributed by atoms with Crippen molar-refractivity contribution in [2.24, 2.45) is 34.0 Å². The van der Waals surface area contributed by atoms with Crippen molar-refractivity contribution in [2.45, 2.75) is 57.8 Å². The second kappa shape index (κ2) is 8.05. The summed E-state index contributed by atoms with van der Waals surface area (Å²) in [7, 11) is 0. The Hall–Kier alpha value is -1.90. The molecule has 4 aliphatic carbocycles. The highest BCUT2D eigenvalue weighted by Gasteiger charge is 2.77. The maximum absolute atomic E-state index is 13.6. The van der Waals surface area contributed by atoms with Crippen molar-refractivity contribution in [3.63, 3.8) is 0 Å². The molecule has 0 bridgehead atoms. The lowest BCUT2D eigenvalue weighted by atomic mass is 9.39. The van der Waals surface area contributed by atoms with Gasteiger partial charge in [0.05, 0.1) is 6.10 Å². The van der Waals surface area contributed by atoms with Crippen LogP contribution in [-0.2, 0) is 21.0 Å². The Balaban J connectivity index is 1.43. The zero-order valence-electron chi connectivity index (χ0n) is 21.0. The highest BCUT2D eigenvalue weighted by Crippen LogP contribution is 2.74. The van der Waals surface area contributed by atoms with Gasteiger partial charge < -0.3 is 10.2 Å². The van der Waals surface area contributed by atoms with Gasteiger partial charge in [-0.05, 0) is 72.1 Å². The minimum atomic E-state index is -1.16. The lowest BCUT2D eigenvalue weighted by Crippen LogP contribution is -2.67. The second-order valence-electron chi connectivity index (χ2n) is 11.9. The summed E-state index contributed by atoms with van der Waals surface area (Å²) in [5.74, 6) is -0.155. The zero-order valence-corrected chi connectivity index (χ0v) is 21.8. The predicted octanol–water partition coefficient (Wildman–Crippen LogP) is 3.86. The molecule has 1 aromatic heterocycles. The van der Waals surface area contributed by atoms with Crippen molar-refractivity contribution in [3.8, 4) is 0 Å². The molecule has 0 amide bonds. The van der Waals surface area contributed by atoms with Crippen molar-refractivity contribution in [1.29, 1.82) is 0 Å². The van der Waals surface area contributed by atoms with Crippen LogP contribution in [0.3, 0.4) is 0 Å². The predicted molar refractivity (Wildman–Crippen MR) is 137 cm³/mol. The quantitative estimate of drug-likeness (QED) is 0.587. The Labute approximate surface area is 216 Å². The van der Waals surface area contributed by atoms with E-state index in [9.17, 15) is 19.8 Å². The Morgan fingerprint density at radius 3 is 2.86 bits per heavy atom. The molecule has 192 valence electrons. The van der Waals surface area contributed by atoms with Gasteiger partial charge in [0.15, 0.2) is 17.2 Å². The molecule has 1 aromatic rings. The molecule has 1 saturated heterocycles. The summed E-state index contributed by atoms with van der Waals surface area (Å²) in [4.78, 5) is 32.5. The normalized spacial score (nSPS) is 45.4. The van der Waals surface area contributed by atoms with Crippen LogP contribution in [0.5, 0.6) is 0 Å². The van der Waals surface area contributed by atoms with Crippen LogP contribution in [-0.4, -0.2) is 51.7 Å². The zero-order chi connectivity index (χ0) is 25.5. The van der Waals surface area contributed by atoms with E-state index in [4.69, 9.17) is 4.84 Å². The molecule has 8 atom stereocenters. The van der Waals surface area contributed by atoms with E-state index in [1.165, 1.54) is 0 Å². The summed E-state index contributed by atoms with van der Waals surface area (Å²) in [6, 6.07) is 2.06. The Bertz CT molecular complexity index is 1170. The van der Waals surface area contributed by atoms with E-state index in [2.05, 4.69) is 31.9 Å². The molecule has 4 fully saturated rings. The van der Waals surface area contributed by atoms with E-state index in [0.29, 0.717) is 19.5 Å². The van der Waals surface area contributed by atoms with Crippen molar-refractivity contribution in [3.05, 3.63) is 58.8 Å². The molecule has 0 radical (unpaired) electrons. The molecule has 2 heterocycles. The molecule has 6 rings (SSSR count). The summed E-state index contributed by atoms with van der Waals surface area (Å²) in [6.45, 7) is 9.11. The van der Waals surface area contributed by atoms with Gasteiger partial charge in [-0.25, -0.2) is 0 Å². The van der Waals surface area contributed by atoms with Gasteiger partial charge >= 0.3 is 0 Å². The van der Waals surface area contributed by atoms with Crippen LogP contribution < -0.4 is 0 Å². The molecule has 1 aliphatic heterocycles. The summed E-state index contributed by atoms with van der Waals surface area (Å²) in [5.41, 5.74) is -0.747. The number of fused-ring (bicyclic) bond motifs is 7. The van der Waals surface area contributed by atoms with Gasteiger partial charge in [-0.2, -0.15) is 16.4 Å². The van der Waals surface area contributed by atoms with Crippen molar-refractivity contribution >= 4 is 22.9 Å². The summed E-state index contributed by atoms with van der Waals surface area (Å²) in [5, 5.41) is 28.2. The number of carbonyl (C=O) groups is 2. The molecule has 0 aromatic carbocycles. The van der Waals surface area contributed by atoms with Crippen LogP contribution in [0.4, 0.5) is 0 Å². The third-order valence-corrected chi connectivity index (χ3v) is 11.5. The van der Waals surface area contributed by atoms with Gasteiger partial charge in [0.25, 0.3) is 0 Å². The topological polar surface area (TPSA) is 87.1 Å². The number of aliphatic hydroxyl groups is 2. The first-order valence-corrected chi connectivity index (χ1v) is 14.0. The molecule has 7 heteroatoms. The van der Waals surface area contributed by atoms with E-state index >= 15 is 0 Å². The molecular weight excluding hydrogens is 474 g/mol. The van der Waals surface area contributed by atoms with E-state index in [-0.39, 0.29) is 29.3 Å². The number of hydrogen-bond donors (Lipinski definition) is 2. The van der Waals surface area contributed by atoms with Gasteiger partial charge in [-0.3, -0.25) is 14.4 Å².